The molecule has 0 aliphatic rings. The van der Waals surface area contributed by atoms with Crippen molar-refractivity contribution < 1.29 is 17.9 Å². The predicted octanol–water partition coefficient (Wildman–Crippen LogP) is 0.447. The largest absolute Gasteiger partial charge is 0.383 e. The standard InChI is InChI=1S/C10H18N4O4S2/c1-10(2,3)7(15)12-8-13-14-9(19-8)20(16,17)11-5-6-18-4/h11H,5-6H2,1-4H3,(H,12,13,15). The Morgan fingerprint density at radius 3 is 2.55 bits per heavy atom. The summed E-state index contributed by atoms with van der Waals surface area (Å²) in [7, 11) is -2.25. The summed E-state index contributed by atoms with van der Waals surface area (Å²) in [5, 5.41) is 9.90. The summed E-state index contributed by atoms with van der Waals surface area (Å²) >= 11 is 0.797. The van der Waals surface area contributed by atoms with Gasteiger partial charge >= 0.3 is 0 Å². The van der Waals surface area contributed by atoms with Gasteiger partial charge in [-0.15, -0.1) is 10.2 Å². The third kappa shape index (κ3) is 4.78. The molecule has 20 heavy (non-hydrogen) atoms. The second-order valence-corrected chi connectivity index (χ2v) is 7.89. The van der Waals surface area contributed by atoms with E-state index < -0.39 is 15.4 Å². The van der Waals surface area contributed by atoms with Crippen molar-refractivity contribution in [2.75, 3.05) is 25.6 Å². The normalized spacial score (nSPS) is 12.4. The molecule has 8 nitrogen and oxygen atoms in total. The molecule has 1 aromatic heterocycles. The summed E-state index contributed by atoms with van der Waals surface area (Å²) in [5.41, 5.74) is -0.596. The fraction of sp³-hybridized carbons (Fsp3) is 0.700. The number of sulfonamides is 1. The van der Waals surface area contributed by atoms with E-state index in [4.69, 9.17) is 4.74 Å². The fourth-order valence-corrected chi connectivity index (χ4v) is 2.94. The van der Waals surface area contributed by atoms with E-state index in [-0.39, 0.29) is 28.5 Å². The van der Waals surface area contributed by atoms with Crippen LogP contribution in [0.5, 0.6) is 0 Å². The number of carbonyl (C=O) groups excluding carboxylic acids is 1. The van der Waals surface area contributed by atoms with Gasteiger partial charge in [0.2, 0.25) is 15.4 Å². The fourth-order valence-electron chi connectivity index (χ4n) is 0.993. The van der Waals surface area contributed by atoms with Crippen molar-refractivity contribution in [3.05, 3.63) is 0 Å². The van der Waals surface area contributed by atoms with Crippen molar-refractivity contribution in [2.24, 2.45) is 5.41 Å². The van der Waals surface area contributed by atoms with Crippen LogP contribution in [0.4, 0.5) is 5.13 Å². The van der Waals surface area contributed by atoms with Gasteiger partial charge in [0.15, 0.2) is 0 Å². The van der Waals surface area contributed by atoms with E-state index in [2.05, 4.69) is 20.2 Å². The molecule has 0 aliphatic heterocycles. The average Bonchev–Trinajstić information content (AvgIpc) is 2.77. The number of rotatable bonds is 6. The van der Waals surface area contributed by atoms with Crippen molar-refractivity contribution in [3.8, 4) is 0 Å². The molecule has 0 aliphatic carbocycles. The lowest BCUT2D eigenvalue weighted by Gasteiger charge is -2.15. The molecule has 1 rings (SSSR count). The van der Waals surface area contributed by atoms with Crippen molar-refractivity contribution in [1.82, 2.24) is 14.9 Å². The lowest BCUT2D eigenvalue weighted by atomic mass is 9.96. The number of nitrogens with zero attached hydrogens (tertiary/aromatic N) is 2. The summed E-state index contributed by atoms with van der Waals surface area (Å²) in [5.74, 6) is -0.259. The topological polar surface area (TPSA) is 110 Å². The molecular formula is C10H18N4O4S2. The van der Waals surface area contributed by atoms with Crippen LogP contribution >= 0.6 is 11.3 Å². The smallest absolute Gasteiger partial charge is 0.269 e. The molecule has 0 spiro atoms. The second-order valence-electron chi connectivity index (χ2n) is 4.97. The van der Waals surface area contributed by atoms with Crippen molar-refractivity contribution >= 4 is 32.4 Å². The second kappa shape index (κ2) is 6.57. The Bertz CT molecular complexity index is 562. The Kier molecular flexibility index (Phi) is 5.57. The maximum absolute atomic E-state index is 11.8. The summed E-state index contributed by atoms with van der Waals surface area (Å²) < 4.78 is 30.5. The first-order valence-electron chi connectivity index (χ1n) is 5.80. The number of ether oxygens (including phenoxy) is 1. The highest BCUT2D eigenvalue weighted by Crippen LogP contribution is 2.22. The van der Waals surface area contributed by atoms with E-state index >= 15 is 0 Å². The van der Waals surface area contributed by atoms with Gasteiger partial charge in [-0.3, -0.25) is 4.79 Å². The molecule has 1 aromatic rings. The summed E-state index contributed by atoms with van der Waals surface area (Å²) in [6.07, 6.45) is 0. The van der Waals surface area contributed by atoms with Crippen molar-refractivity contribution in [2.45, 2.75) is 25.1 Å². The zero-order valence-corrected chi connectivity index (χ0v) is 13.4. The zero-order valence-electron chi connectivity index (χ0n) is 11.8. The molecule has 0 aromatic carbocycles. The molecule has 1 amide bonds. The first kappa shape index (κ1) is 17.0. The molecule has 10 heteroatoms. The molecule has 1 heterocycles. The first-order valence-corrected chi connectivity index (χ1v) is 8.10. The van der Waals surface area contributed by atoms with E-state index in [1.54, 1.807) is 20.8 Å². The van der Waals surface area contributed by atoms with Crippen molar-refractivity contribution in [1.29, 1.82) is 0 Å². The van der Waals surface area contributed by atoms with Gasteiger partial charge in [-0.25, -0.2) is 13.1 Å². The van der Waals surface area contributed by atoms with Crippen LogP contribution in [0.2, 0.25) is 0 Å². The summed E-state index contributed by atoms with van der Waals surface area (Å²) in [4.78, 5) is 11.7. The zero-order chi connectivity index (χ0) is 15.4. The third-order valence-electron chi connectivity index (χ3n) is 2.14. The minimum atomic E-state index is -3.72. The Hall–Kier alpha value is -1.10. The number of methoxy groups -OCH3 is 1. The molecule has 114 valence electrons. The van der Waals surface area contributed by atoms with Crippen molar-refractivity contribution in [3.63, 3.8) is 0 Å². The Morgan fingerprint density at radius 1 is 1.35 bits per heavy atom. The molecule has 2 N–H and O–H groups in total. The van der Waals surface area contributed by atoms with Gasteiger partial charge in [-0.2, -0.15) is 0 Å². The minimum absolute atomic E-state index is 0.141. The Balaban J connectivity index is 2.74. The number of amides is 1. The van der Waals surface area contributed by atoms with E-state index in [1.165, 1.54) is 7.11 Å². The molecule has 0 atom stereocenters. The number of hydrogen-bond acceptors (Lipinski definition) is 7. The molecule has 0 unspecified atom stereocenters. The highest BCUT2D eigenvalue weighted by molar-refractivity contribution is 7.91. The maximum atomic E-state index is 11.8. The van der Waals surface area contributed by atoms with Crippen LogP contribution < -0.4 is 10.0 Å². The lowest BCUT2D eigenvalue weighted by Crippen LogP contribution is -2.27. The molecule has 0 saturated carbocycles. The summed E-state index contributed by atoms with van der Waals surface area (Å²) in [6.45, 7) is 5.63. The van der Waals surface area contributed by atoms with Crippen LogP contribution in [0.15, 0.2) is 4.34 Å². The van der Waals surface area contributed by atoms with Gasteiger partial charge in [-0.1, -0.05) is 32.1 Å². The Morgan fingerprint density at radius 2 is 2.00 bits per heavy atom. The van der Waals surface area contributed by atoms with E-state index in [1.807, 2.05) is 0 Å². The minimum Gasteiger partial charge on any atom is -0.383 e. The quantitative estimate of drug-likeness (QED) is 0.581. The Labute approximate surface area is 122 Å². The maximum Gasteiger partial charge on any atom is 0.269 e. The average molecular weight is 322 g/mol. The third-order valence-corrected chi connectivity index (χ3v) is 4.80. The molecular weight excluding hydrogens is 304 g/mol. The van der Waals surface area contributed by atoms with Crippen LogP contribution in [0.25, 0.3) is 0 Å². The molecule has 0 radical (unpaired) electrons. The van der Waals surface area contributed by atoms with Gasteiger partial charge in [0.1, 0.15) is 0 Å². The summed E-state index contributed by atoms with van der Waals surface area (Å²) in [6, 6.07) is 0. The number of anilines is 1. The SMILES string of the molecule is COCCNS(=O)(=O)c1nnc(NC(=O)C(C)(C)C)s1. The van der Waals surface area contributed by atoms with Crippen LogP contribution in [0.1, 0.15) is 20.8 Å². The number of nitrogens with one attached hydrogen (secondary N) is 2. The van der Waals surface area contributed by atoms with Gasteiger partial charge in [0.25, 0.3) is 10.0 Å². The highest BCUT2D eigenvalue weighted by Gasteiger charge is 2.24. The lowest BCUT2D eigenvalue weighted by molar-refractivity contribution is -0.123. The van der Waals surface area contributed by atoms with E-state index in [0.717, 1.165) is 11.3 Å². The van der Waals surface area contributed by atoms with Crippen LogP contribution in [-0.4, -0.2) is 44.8 Å². The van der Waals surface area contributed by atoms with E-state index in [9.17, 15) is 13.2 Å². The first-order chi connectivity index (χ1) is 9.16. The van der Waals surface area contributed by atoms with Gasteiger partial charge < -0.3 is 10.1 Å². The van der Waals surface area contributed by atoms with Crippen LogP contribution in [0.3, 0.4) is 0 Å². The number of carbonyl (C=O) groups is 1. The highest BCUT2D eigenvalue weighted by atomic mass is 32.2. The van der Waals surface area contributed by atoms with Crippen LogP contribution in [0, 0.1) is 5.41 Å². The van der Waals surface area contributed by atoms with Gasteiger partial charge in [0.05, 0.1) is 6.61 Å². The number of hydrogen-bond donors (Lipinski definition) is 2. The molecule has 0 saturated heterocycles. The van der Waals surface area contributed by atoms with E-state index in [0.29, 0.717) is 0 Å². The predicted molar refractivity (Wildman–Crippen MR) is 75.1 cm³/mol. The van der Waals surface area contributed by atoms with Gasteiger partial charge in [0, 0.05) is 19.1 Å². The monoisotopic (exact) mass is 322 g/mol. The molecule has 0 bridgehead atoms. The van der Waals surface area contributed by atoms with Gasteiger partial charge in [-0.05, 0) is 0 Å². The molecule has 0 fully saturated rings. The van der Waals surface area contributed by atoms with Crippen LogP contribution in [-0.2, 0) is 19.6 Å². The number of aromatic nitrogens is 2.